The number of benzene rings is 1. The zero-order chi connectivity index (χ0) is 23.4. The van der Waals surface area contributed by atoms with Gasteiger partial charge in [0.2, 0.25) is 5.91 Å². The van der Waals surface area contributed by atoms with Crippen LogP contribution in [-0.2, 0) is 9.53 Å². The highest BCUT2D eigenvalue weighted by molar-refractivity contribution is 7.29. The Bertz CT molecular complexity index is 1070. The molecule has 1 aliphatic rings. The zero-order valence-corrected chi connectivity index (χ0v) is 20.8. The molecule has 0 aliphatic carbocycles. The molecule has 1 aliphatic heterocycles. The Hall–Kier alpha value is -2.69. The molecule has 0 saturated carbocycles. The third kappa shape index (κ3) is 5.45. The summed E-state index contributed by atoms with van der Waals surface area (Å²) in [6.07, 6.45) is 0. The molecule has 2 aromatic heterocycles. The van der Waals surface area contributed by atoms with Gasteiger partial charge in [-0.2, -0.15) is 0 Å². The van der Waals surface area contributed by atoms with Gasteiger partial charge in [-0.1, -0.05) is 11.3 Å². The van der Waals surface area contributed by atoms with Crippen LogP contribution < -0.4 is 15.1 Å². The number of anilines is 3. The van der Waals surface area contributed by atoms with E-state index in [1.54, 1.807) is 18.4 Å². The number of aromatic nitrogens is 1. The molecule has 0 atom stereocenters. The van der Waals surface area contributed by atoms with Crippen molar-refractivity contribution in [1.82, 2.24) is 9.88 Å². The zero-order valence-electron chi connectivity index (χ0n) is 19.2. The van der Waals surface area contributed by atoms with Crippen LogP contribution in [0.15, 0.2) is 30.3 Å². The van der Waals surface area contributed by atoms with Gasteiger partial charge in [-0.15, -0.1) is 11.3 Å². The van der Waals surface area contributed by atoms with Crippen molar-refractivity contribution in [1.29, 1.82) is 0 Å². The number of nitrogens with zero attached hydrogens (tertiary/aromatic N) is 4. The average molecular weight is 488 g/mol. The van der Waals surface area contributed by atoms with Crippen LogP contribution in [0, 0.1) is 0 Å². The molecule has 2 amide bonds. The highest BCUT2D eigenvalue weighted by Crippen LogP contribution is 2.35. The SMILES string of the molecule is CCN(CC)c1nc2sc(C(=O)N(C)CC(=O)Nc3ccc(N4CCOCC4)cc3)cc2s1. The number of carbonyl (C=O) groups is 2. The normalized spacial score (nSPS) is 13.8. The number of nitrogens with one attached hydrogen (secondary N) is 1. The monoisotopic (exact) mass is 487 g/mol. The van der Waals surface area contributed by atoms with Gasteiger partial charge in [0, 0.05) is 44.6 Å². The Labute approximate surface area is 201 Å². The van der Waals surface area contributed by atoms with E-state index >= 15 is 0 Å². The maximum Gasteiger partial charge on any atom is 0.264 e. The van der Waals surface area contributed by atoms with Crippen LogP contribution in [0.1, 0.15) is 23.5 Å². The summed E-state index contributed by atoms with van der Waals surface area (Å²) in [4.78, 5) is 37.4. The first-order chi connectivity index (χ1) is 16.0. The van der Waals surface area contributed by atoms with E-state index in [0.717, 1.165) is 59.7 Å². The van der Waals surface area contributed by atoms with Gasteiger partial charge in [-0.05, 0) is 44.2 Å². The third-order valence-corrected chi connectivity index (χ3v) is 7.79. The lowest BCUT2D eigenvalue weighted by molar-refractivity contribution is -0.116. The van der Waals surface area contributed by atoms with Crippen LogP contribution in [0.5, 0.6) is 0 Å². The Balaban J connectivity index is 1.33. The molecule has 10 heteroatoms. The number of rotatable bonds is 8. The minimum absolute atomic E-state index is 0.0201. The fourth-order valence-electron chi connectivity index (χ4n) is 3.71. The first kappa shape index (κ1) is 23.5. The average Bonchev–Trinajstić information content (AvgIpc) is 3.40. The number of carbonyl (C=O) groups excluding carboxylic acids is 2. The van der Waals surface area contributed by atoms with Crippen molar-refractivity contribution in [3.05, 3.63) is 35.2 Å². The van der Waals surface area contributed by atoms with Crippen molar-refractivity contribution in [2.75, 3.05) is 68.1 Å². The van der Waals surface area contributed by atoms with Crippen LogP contribution >= 0.6 is 22.7 Å². The molecule has 0 unspecified atom stereocenters. The second-order valence-corrected chi connectivity index (χ2v) is 9.84. The van der Waals surface area contributed by atoms with Crippen LogP contribution in [0.4, 0.5) is 16.5 Å². The molecule has 0 spiro atoms. The highest BCUT2D eigenvalue weighted by Gasteiger charge is 2.20. The van der Waals surface area contributed by atoms with Crippen molar-refractivity contribution in [2.24, 2.45) is 0 Å². The third-order valence-electron chi connectivity index (χ3n) is 5.58. The van der Waals surface area contributed by atoms with Crippen molar-refractivity contribution >= 4 is 60.5 Å². The number of fused-ring (bicyclic) bond motifs is 1. The number of likely N-dealkylation sites (N-methyl/N-ethyl adjacent to an activating group) is 1. The van der Waals surface area contributed by atoms with E-state index in [1.807, 2.05) is 30.3 Å². The number of hydrogen-bond donors (Lipinski definition) is 1. The Morgan fingerprint density at radius 3 is 2.45 bits per heavy atom. The fourth-order valence-corrected chi connectivity index (χ4v) is 6.04. The topological polar surface area (TPSA) is 78.0 Å². The number of amides is 2. The predicted octanol–water partition coefficient (Wildman–Crippen LogP) is 3.75. The molecule has 1 aromatic carbocycles. The molecule has 4 rings (SSSR count). The molecule has 0 radical (unpaired) electrons. The Morgan fingerprint density at radius 1 is 1.12 bits per heavy atom. The quantitative estimate of drug-likeness (QED) is 0.521. The van der Waals surface area contributed by atoms with Gasteiger partial charge >= 0.3 is 0 Å². The summed E-state index contributed by atoms with van der Waals surface area (Å²) >= 11 is 2.97. The molecular formula is C23H29N5O3S2. The molecule has 33 heavy (non-hydrogen) atoms. The van der Waals surface area contributed by atoms with Gasteiger partial charge in [0.25, 0.3) is 5.91 Å². The Kier molecular flexibility index (Phi) is 7.46. The maximum absolute atomic E-state index is 12.9. The van der Waals surface area contributed by atoms with Crippen molar-refractivity contribution in [3.8, 4) is 0 Å². The van der Waals surface area contributed by atoms with Gasteiger partial charge in [0.1, 0.15) is 4.83 Å². The second kappa shape index (κ2) is 10.5. The lowest BCUT2D eigenvalue weighted by Crippen LogP contribution is -2.36. The predicted molar refractivity (Wildman–Crippen MR) is 136 cm³/mol. The first-order valence-electron chi connectivity index (χ1n) is 11.1. The van der Waals surface area contributed by atoms with Gasteiger partial charge < -0.3 is 24.8 Å². The maximum atomic E-state index is 12.9. The lowest BCUT2D eigenvalue weighted by Gasteiger charge is -2.28. The molecule has 3 heterocycles. The van der Waals surface area contributed by atoms with Crippen LogP contribution in [-0.4, -0.2) is 74.7 Å². The molecule has 8 nitrogen and oxygen atoms in total. The molecular weight excluding hydrogens is 458 g/mol. The van der Waals surface area contributed by atoms with E-state index in [2.05, 4.69) is 33.9 Å². The minimum atomic E-state index is -0.231. The number of ether oxygens (including phenoxy) is 1. The summed E-state index contributed by atoms with van der Waals surface area (Å²) in [5, 5.41) is 3.85. The van der Waals surface area contributed by atoms with Crippen molar-refractivity contribution < 1.29 is 14.3 Å². The van der Waals surface area contributed by atoms with E-state index in [0.29, 0.717) is 10.6 Å². The lowest BCUT2D eigenvalue weighted by atomic mass is 10.2. The number of thiophene rings is 1. The van der Waals surface area contributed by atoms with E-state index in [9.17, 15) is 9.59 Å². The number of morpholine rings is 1. The molecule has 1 N–H and O–H groups in total. The largest absolute Gasteiger partial charge is 0.378 e. The van der Waals surface area contributed by atoms with Crippen LogP contribution in [0.2, 0.25) is 0 Å². The summed E-state index contributed by atoms with van der Waals surface area (Å²) in [6.45, 7) is 9.18. The van der Waals surface area contributed by atoms with E-state index < -0.39 is 0 Å². The van der Waals surface area contributed by atoms with Crippen molar-refractivity contribution in [3.63, 3.8) is 0 Å². The molecule has 176 valence electrons. The van der Waals surface area contributed by atoms with Gasteiger partial charge in [0.15, 0.2) is 5.13 Å². The molecule has 3 aromatic rings. The summed E-state index contributed by atoms with van der Waals surface area (Å²) in [5.41, 5.74) is 1.82. The van der Waals surface area contributed by atoms with Gasteiger partial charge in [-0.3, -0.25) is 9.59 Å². The summed E-state index contributed by atoms with van der Waals surface area (Å²) < 4.78 is 6.39. The smallest absolute Gasteiger partial charge is 0.264 e. The van der Waals surface area contributed by atoms with Gasteiger partial charge in [0.05, 0.1) is 29.3 Å². The van der Waals surface area contributed by atoms with Crippen molar-refractivity contribution in [2.45, 2.75) is 13.8 Å². The standard InChI is InChI=1S/C23H29N5O3S2/c1-4-27(5-2)23-25-21-18(33-23)14-19(32-21)22(30)26(3)15-20(29)24-16-6-8-17(9-7-16)28-10-12-31-13-11-28/h6-9,14H,4-5,10-13,15H2,1-3H3,(H,24,29). The fraction of sp³-hybridized carbons (Fsp3) is 0.435. The first-order valence-corrected chi connectivity index (χ1v) is 12.7. The second-order valence-electron chi connectivity index (χ2n) is 7.80. The summed E-state index contributed by atoms with van der Waals surface area (Å²) in [6, 6.07) is 9.64. The van der Waals surface area contributed by atoms with E-state index in [1.165, 1.54) is 16.2 Å². The molecule has 0 bridgehead atoms. The minimum Gasteiger partial charge on any atom is -0.378 e. The van der Waals surface area contributed by atoms with Gasteiger partial charge in [-0.25, -0.2) is 4.98 Å². The van der Waals surface area contributed by atoms with Crippen LogP contribution in [0.3, 0.4) is 0 Å². The highest BCUT2D eigenvalue weighted by atomic mass is 32.1. The molecule has 1 saturated heterocycles. The molecule has 1 fully saturated rings. The van der Waals surface area contributed by atoms with Crippen LogP contribution in [0.25, 0.3) is 9.53 Å². The summed E-state index contributed by atoms with van der Waals surface area (Å²) in [5.74, 6) is -0.405. The van der Waals surface area contributed by atoms with E-state index in [-0.39, 0.29) is 18.4 Å². The van der Waals surface area contributed by atoms with E-state index in [4.69, 9.17) is 4.74 Å². The number of thiazole rings is 1. The summed E-state index contributed by atoms with van der Waals surface area (Å²) in [7, 11) is 1.64. The number of hydrogen-bond acceptors (Lipinski definition) is 8. The Morgan fingerprint density at radius 2 is 1.82 bits per heavy atom.